The maximum absolute atomic E-state index is 9.10. The van der Waals surface area contributed by atoms with Crippen LogP contribution in [0.25, 0.3) is 11.3 Å². The summed E-state index contributed by atoms with van der Waals surface area (Å²) in [6.45, 7) is 0. The molecule has 0 aliphatic carbocycles. The van der Waals surface area contributed by atoms with E-state index in [0.29, 0.717) is 5.56 Å². The highest BCUT2D eigenvalue weighted by Crippen LogP contribution is 2.18. The molecule has 2 aromatic rings. The van der Waals surface area contributed by atoms with Crippen molar-refractivity contribution in [2.45, 2.75) is 0 Å². The normalized spacial score (nSPS) is 10.0. The minimum Gasteiger partial charge on any atom is -0.498 e. The van der Waals surface area contributed by atoms with Gasteiger partial charge in [-0.15, -0.1) is 0 Å². The summed E-state index contributed by atoms with van der Waals surface area (Å²) in [5, 5.41) is 9.02. The van der Waals surface area contributed by atoms with Crippen molar-refractivity contribution in [1.82, 2.24) is 4.98 Å². The van der Waals surface area contributed by atoms with Crippen LogP contribution in [0.5, 0.6) is 0 Å². The minimum atomic E-state index is -0.0802. The van der Waals surface area contributed by atoms with E-state index in [-0.39, 0.29) is 5.05 Å². The summed E-state index contributed by atoms with van der Waals surface area (Å²) in [4.78, 5) is 3.06. The lowest BCUT2D eigenvalue weighted by Crippen LogP contribution is -1.89. The van der Waals surface area contributed by atoms with Gasteiger partial charge in [-0.05, 0) is 23.8 Å². The first-order chi connectivity index (χ1) is 6.77. The average molecular weight is 203 g/mol. The molecule has 2 N–H and O–H groups in total. The molecule has 0 spiro atoms. The Hall–Kier alpha value is -1.61. The van der Waals surface area contributed by atoms with Gasteiger partial charge in [-0.3, -0.25) is 0 Å². The van der Waals surface area contributed by atoms with Crippen LogP contribution in [0.3, 0.4) is 0 Å². The molecule has 2 nitrogen and oxygen atoms in total. The van der Waals surface area contributed by atoms with Gasteiger partial charge in [0.2, 0.25) is 0 Å². The van der Waals surface area contributed by atoms with Crippen molar-refractivity contribution in [2.24, 2.45) is 0 Å². The van der Waals surface area contributed by atoms with Gasteiger partial charge in [0.25, 0.3) is 0 Å². The first-order valence-corrected chi connectivity index (χ1v) is 4.65. The predicted octanol–water partition coefficient (Wildman–Crippen LogP) is 2.92. The zero-order valence-electron chi connectivity index (χ0n) is 7.40. The van der Waals surface area contributed by atoms with E-state index in [9.17, 15) is 0 Å². The van der Waals surface area contributed by atoms with Crippen LogP contribution in [-0.2, 0) is 0 Å². The molecule has 14 heavy (non-hydrogen) atoms. The summed E-state index contributed by atoms with van der Waals surface area (Å²) < 4.78 is 0. The van der Waals surface area contributed by atoms with Gasteiger partial charge in [-0.2, -0.15) is 0 Å². The summed E-state index contributed by atoms with van der Waals surface area (Å²) in [5.41, 5.74) is 2.69. The molecule has 1 heterocycles. The fourth-order valence-corrected chi connectivity index (χ4v) is 1.42. The van der Waals surface area contributed by atoms with Crippen LogP contribution in [0.2, 0.25) is 0 Å². The van der Waals surface area contributed by atoms with E-state index < -0.39 is 0 Å². The van der Waals surface area contributed by atoms with E-state index in [0.717, 1.165) is 11.3 Å². The van der Waals surface area contributed by atoms with E-state index in [4.69, 9.17) is 5.11 Å². The maximum Gasteiger partial charge on any atom is 0.190 e. The number of aromatic amines is 1. The molecule has 0 atom stereocenters. The molecule has 0 aliphatic rings. The highest BCUT2D eigenvalue weighted by Gasteiger charge is 2.03. The Kier molecular flexibility index (Phi) is 2.33. The molecule has 70 valence electrons. The summed E-state index contributed by atoms with van der Waals surface area (Å²) in [6.07, 6.45) is 1.70. The van der Waals surface area contributed by atoms with Crippen LogP contribution in [0.4, 0.5) is 0 Å². The number of thiocarbonyl (C=S) groups is 1. The van der Waals surface area contributed by atoms with E-state index in [2.05, 4.69) is 17.2 Å². The third kappa shape index (κ3) is 1.67. The van der Waals surface area contributed by atoms with E-state index in [1.54, 1.807) is 6.20 Å². The van der Waals surface area contributed by atoms with E-state index in [1.807, 2.05) is 36.4 Å². The van der Waals surface area contributed by atoms with Gasteiger partial charge in [0.15, 0.2) is 5.05 Å². The molecule has 0 fully saturated rings. The minimum absolute atomic E-state index is 0.0802. The first kappa shape index (κ1) is 8.97. The summed E-state index contributed by atoms with van der Waals surface area (Å²) in [5.74, 6) is 0. The average Bonchev–Trinajstić information content (AvgIpc) is 2.68. The Morgan fingerprint density at radius 3 is 2.50 bits per heavy atom. The lowest BCUT2D eigenvalue weighted by molar-refractivity contribution is 0.571. The van der Waals surface area contributed by atoms with Crippen molar-refractivity contribution >= 4 is 17.3 Å². The molecule has 0 amide bonds. The Balaban J connectivity index is 2.39. The highest BCUT2D eigenvalue weighted by molar-refractivity contribution is 7.80. The molecule has 3 heteroatoms. The second-order valence-electron chi connectivity index (χ2n) is 2.97. The number of rotatable bonds is 2. The fourth-order valence-electron chi connectivity index (χ4n) is 1.30. The third-order valence-corrected chi connectivity index (χ3v) is 2.25. The smallest absolute Gasteiger partial charge is 0.190 e. The van der Waals surface area contributed by atoms with Crippen molar-refractivity contribution in [1.29, 1.82) is 0 Å². The zero-order chi connectivity index (χ0) is 9.97. The molecule has 0 unspecified atom stereocenters. The Morgan fingerprint density at radius 2 is 1.93 bits per heavy atom. The van der Waals surface area contributed by atoms with Gasteiger partial charge >= 0.3 is 0 Å². The Morgan fingerprint density at radius 1 is 1.21 bits per heavy atom. The van der Waals surface area contributed by atoms with Gasteiger partial charge in [0.05, 0.1) is 0 Å². The first-order valence-electron chi connectivity index (χ1n) is 4.24. The molecule has 1 aromatic heterocycles. The molecule has 1 aromatic carbocycles. The van der Waals surface area contributed by atoms with Gasteiger partial charge in [0.1, 0.15) is 0 Å². The largest absolute Gasteiger partial charge is 0.498 e. The fraction of sp³-hybridized carbons (Fsp3) is 0. The van der Waals surface area contributed by atoms with Gasteiger partial charge in [-0.25, -0.2) is 0 Å². The second-order valence-corrected chi connectivity index (χ2v) is 3.36. The monoisotopic (exact) mass is 203 g/mol. The molecular weight excluding hydrogens is 194 g/mol. The summed E-state index contributed by atoms with van der Waals surface area (Å²) in [6, 6.07) is 11.7. The number of H-pyrrole nitrogens is 1. The van der Waals surface area contributed by atoms with Crippen LogP contribution in [0.1, 0.15) is 5.56 Å². The number of aromatic nitrogens is 1. The van der Waals surface area contributed by atoms with Crippen molar-refractivity contribution in [3.05, 3.63) is 48.2 Å². The van der Waals surface area contributed by atoms with Gasteiger partial charge in [0, 0.05) is 17.5 Å². The predicted molar refractivity (Wildman–Crippen MR) is 60.6 cm³/mol. The van der Waals surface area contributed by atoms with Crippen LogP contribution in [0.15, 0.2) is 42.6 Å². The molecular formula is C11H9NOS. The highest BCUT2D eigenvalue weighted by atomic mass is 32.1. The standard InChI is InChI=1S/C11H9NOS/c13-11(14)9-6-10(12-7-9)8-4-2-1-3-5-8/h1-7,12H,(H,13,14). The Labute approximate surface area is 87.2 Å². The Bertz CT molecular complexity index is 447. The molecule has 0 bridgehead atoms. The van der Waals surface area contributed by atoms with Crippen LogP contribution < -0.4 is 0 Å². The molecule has 2 rings (SSSR count). The van der Waals surface area contributed by atoms with Crippen molar-refractivity contribution in [3.8, 4) is 11.3 Å². The lowest BCUT2D eigenvalue weighted by atomic mass is 10.1. The zero-order valence-corrected chi connectivity index (χ0v) is 8.21. The number of hydrogen-bond acceptors (Lipinski definition) is 1. The molecule has 0 aliphatic heterocycles. The number of benzene rings is 1. The molecule has 0 radical (unpaired) electrons. The van der Waals surface area contributed by atoms with Crippen LogP contribution in [0, 0.1) is 0 Å². The maximum atomic E-state index is 9.10. The lowest BCUT2D eigenvalue weighted by Gasteiger charge is -1.94. The molecule has 0 saturated heterocycles. The van der Waals surface area contributed by atoms with Crippen molar-refractivity contribution in [3.63, 3.8) is 0 Å². The third-order valence-electron chi connectivity index (χ3n) is 2.01. The van der Waals surface area contributed by atoms with Crippen LogP contribution in [-0.4, -0.2) is 15.1 Å². The number of aliphatic hydroxyl groups is 1. The van der Waals surface area contributed by atoms with Crippen molar-refractivity contribution in [2.75, 3.05) is 0 Å². The summed E-state index contributed by atoms with van der Waals surface area (Å²) >= 11 is 4.66. The van der Waals surface area contributed by atoms with E-state index in [1.165, 1.54) is 0 Å². The number of hydrogen-bond donors (Lipinski definition) is 2. The SMILES string of the molecule is OC(=S)c1c[nH]c(-c2ccccc2)c1. The topological polar surface area (TPSA) is 36.0 Å². The number of nitrogens with one attached hydrogen (secondary N) is 1. The van der Waals surface area contributed by atoms with Gasteiger partial charge in [-0.1, -0.05) is 30.3 Å². The summed E-state index contributed by atoms with van der Waals surface area (Å²) in [7, 11) is 0. The van der Waals surface area contributed by atoms with E-state index >= 15 is 0 Å². The quantitative estimate of drug-likeness (QED) is 0.736. The van der Waals surface area contributed by atoms with Crippen LogP contribution >= 0.6 is 12.2 Å². The molecule has 0 saturated carbocycles. The van der Waals surface area contributed by atoms with Gasteiger partial charge < -0.3 is 10.1 Å². The van der Waals surface area contributed by atoms with Crippen molar-refractivity contribution < 1.29 is 5.11 Å². The second kappa shape index (κ2) is 3.64. The number of aliphatic hydroxyl groups excluding tert-OH is 1.